The van der Waals surface area contributed by atoms with Crippen LogP contribution in [0.5, 0.6) is 0 Å². The molecule has 0 aliphatic rings. The number of fused-ring (bicyclic) bond motifs is 1. The minimum absolute atomic E-state index is 0.109. The number of carbonyl (C=O) groups excluding carboxylic acids is 1. The lowest BCUT2D eigenvalue weighted by Crippen LogP contribution is -2.27. The van der Waals surface area contributed by atoms with E-state index in [2.05, 4.69) is 11.9 Å². The number of nitrogens with zero attached hydrogens (tertiary/aromatic N) is 2. The molecule has 0 bridgehead atoms. The molecule has 0 aliphatic carbocycles. The molecule has 1 amide bonds. The largest absolute Gasteiger partial charge is 0.369 e. The number of benzene rings is 1. The molecule has 1 aromatic carbocycles. The van der Waals surface area contributed by atoms with Gasteiger partial charge in [0.2, 0.25) is 5.91 Å². The Labute approximate surface area is 144 Å². The smallest absolute Gasteiger partial charge is 0.262 e. The first-order chi connectivity index (χ1) is 10.9. The lowest BCUT2D eigenvalue weighted by molar-refractivity contribution is -0.117. The summed E-state index contributed by atoms with van der Waals surface area (Å²) in [4.78, 5) is 28.6. The van der Waals surface area contributed by atoms with Crippen LogP contribution in [0, 0.1) is 0 Å². The first-order valence-electron chi connectivity index (χ1n) is 7.60. The second-order valence-corrected chi connectivity index (χ2v) is 7.13. The summed E-state index contributed by atoms with van der Waals surface area (Å²) in [5, 5.41) is 1.09. The van der Waals surface area contributed by atoms with Gasteiger partial charge in [0.1, 0.15) is 0 Å². The first-order valence-corrected chi connectivity index (χ1v) is 8.86. The van der Waals surface area contributed by atoms with Gasteiger partial charge in [-0.05, 0) is 31.5 Å². The number of unbranched alkanes of at least 4 members (excludes halogenated alkanes) is 2. The molecule has 0 aliphatic heterocycles. The van der Waals surface area contributed by atoms with Crippen LogP contribution in [0.15, 0.2) is 28.2 Å². The molecule has 7 heteroatoms. The number of primary amides is 1. The second-order valence-electron chi connectivity index (χ2n) is 5.38. The first kappa shape index (κ1) is 17.8. The number of halogens is 1. The Kier molecular flexibility index (Phi) is 6.07. The van der Waals surface area contributed by atoms with Gasteiger partial charge in [0, 0.05) is 11.6 Å². The summed E-state index contributed by atoms with van der Waals surface area (Å²) in [6, 6.07) is 5.03. The average Bonchev–Trinajstić information content (AvgIpc) is 2.49. The van der Waals surface area contributed by atoms with Gasteiger partial charge in [-0.25, -0.2) is 4.98 Å². The molecule has 0 spiro atoms. The molecule has 1 heterocycles. The zero-order valence-electron chi connectivity index (χ0n) is 13.2. The van der Waals surface area contributed by atoms with Gasteiger partial charge in [0.25, 0.3) is 5.56 Å². The van der Waals surface area contributed by atoms with Crippen LogP contribution < -0.4 is 11.3 Å². The van der Waals surface area contributed by atoms with E-state index in [1.54, 1.807) is 29.7 Å². The fourth-order valence-corrected chi connectivity index (χ4v) is 3.25. The van der Waals surface area contributed by atoms with Gasteiger partial charge in [-0.3, -0.25) is 14.2 Å². The van der Waals surface area contributed by atoms with E-state index in [1.807, 2.05) is 0 Å². The fraction of sp³-hybridized carbons (Fsp3) is 0.438. The van der Waals surface area contributed by atoms with E-state index in [9.17, 15) is 9.59 Å². The molecule has 2 rings (SSSR count). The average molecular weight is 354 g/mol. The Morgan fingerprint density at radius 2 is 2.17 bits per heavy atom. The van der Waals surface area contributed by atoms with Crippen molar-refractivity contribution < 1.29 is 4.79 Å². The molecule has 0 unspecified atom stereocenters. The molecule has 0 saturated heterocycles. The van der Waals surface area contributed by atoms with Gasteiger partial charge in [-0.15, -0.1) is 0 Å². The van der Waals surface area contributed by atoms with Crippen LogP contribution in [-0.4, -0.2) is 20.7 Å². The Bertz CT molecular complexity index is 776. The van der Waals surface area contributed by atoms with E-state index >= 15 is 0 Å². The number of amides is 1. The van der Waals surface area contributed by atoms with E-state index in [-0.39, 0.29) is 5.56 Å². The number of aromatic nitrogens is 2. The summed E-state index contributed by atoms with van der Waals surface area (Å²) in [6.45, 7) is 4.39. The third-order valence-electron chi connectivity index (χ3n) is 3.55. The topological polar surface area (TPSA) is 78.0 Å². The van der Waals surface area contributed by atoms with Gasteiger partial charge < -0.3 is 5.73 Å². The Hall–Kier alpha value is -1.53. The van der Waals surface area contributed by atoms with Gasteiger partial charge >= 0.3 is 0 Å². The highest BCUT2D eigenvalue weighted by atomic mass is 35.5. The second kappa shape index (κ2) is 7.84. The van der Waals surface area contributed by atoms with Crippen LogP contribution in [0.3, 0.4) is 0 Å². The third kappa shape index (κ3) is 4.26. The van der Waals surface area contributed by atoms with Crippen molar-refractivity contribution in [2.75, 3.05) is 0 Å². The molecule has 2 aromatic rings. The van der Waals surface area contributed by atoms with Crippen molar-refractivity contribution in [3.05, 3.63) is 33.6 Å². The zero-order chi connectivity index (χ0) is 17.0. The molecular weight excluding hydrogens is 334 g/mol. The van der Waals surface area contributed by atoms with Crippen molar-refractivity contribution in [1.82, 2.24) is 9.55 Å². The number of hydrogen-bond acceptors (Lipinski definition) is 4. The minimum Gasteiger partial charge on any atom is -0.369 e. The number of hydrogen-bond donors (Lipinski definition) is 1. The van der Waals surface area contributed by atoms with Crippen molar-refractivity contribution in [2.24, 2.45) is 5.73 Å². The van der Waals surface area contributed by atoms with Crippen molar-refractivity contribution in [3.63, 3.8) is 0 Å². The highest BCUT2D eigenvalue weighted by Crippen LogP contribution is 2.24. The van der Waals surface area contributed by atoms with Crippen molar-refractivity contribution in [1.29, 1.82) is 0 Å². The Morgan fingerprint density at radius 3 is 2.83 bits per heavy atom. The maximum absolute atomic E-state index is 12.8. The molecule has 0 radical (unpaired) electrons. The van der Waals surface area contributed by atoms with Crippen LogP contribution in [0.4, 0.5) is 0 Å². The summed E-state index contributed by atoms with van der Waals surface area (Å²) in [5.74, 6) is -0.435. The monoisotopic (exact) mass is 353 g/mol. The van der Waals surface area contributed by atoms with E-state index < -0.39 is 11.2 Å². The normalized spacial score (nSPS) is 12.5. The summed E-state index contributed by atoms with van der Waals surface area (Å²) >= 11 is 7.20. The number of nitrogens with two attached hydrogens (primary N) is 1. The molecule has 1 aromatic heterocycles. The van der Waals surface area contributed by atoms with E-state index in [0.717, 1.165) is 19.3 Å². The molecule has 5 nitrogen and oxygen atoms in total. The zero-order valence-corrected chi connectivity index (χ0v) is 14.8. The number of rotatable bonds is 7. The quantitative estimate of drug-likeness (QED) is 0.471. The van der Waals surface area contributed by atoms with Crippen LogP contribution in [0.1, 0.15) is 33.1 Å². The highest BCUT2D eigenvalue weighted by Gasteiger charge is 2.17. The molecular formula is C16H20ClN3O2S. The van der Waals surface area contributed by atoms with Gasteiger partial charge in [-0.1, -0.05) is 43.1 Å². The summed E-state index contributed by atoms with van der Waals surface area (Å²) in [7, 11) is 0. The maximum atomic E-state index is 12.8. The van der Waals surface area contributed by atoms with Gasteiger partial charge in [0.05, 0.1) is 16.2 Å². The Balaban J connectivity index is 2.52. The van der Waals surface area contributed by atoms with E-state index in [0.29, 0.717) is 27.6 Å². The summed E-state index contributed by atoms with van der Waals surface area (Å²) < 4.78 is 1.63. The van der Waals surface area contributed by atoms with Crippen molar-refractivity contribution >= 4 is 40.2 Å². The van der Waals surface area contributed by atoms with Gasteiger partial charge in [-0.2, -0.15) is 0 Å². The third-order valence-corrected chi connectivity index (χ3v) is 4.89. The predicted octanol–water partition coefficient (Wildman–Crippen LogP) is 3.21. The fourth-order valence-electron chi connectivity index (χ4n) is 2.20. The van der Waals surface area contributed by atoms with Crippen LogP contribution in [0.2, 0.25) is 5.02 Å². The highest BCUT2D eigenvalue weighted by molar-refractivity contribution is 8.00. The summed E-state index contributed by atoms with van der Waals surface area (Å²) in [6.07, 6.45) is 2.97. The van der Waals surface area contributed by atoms with E-state index in [1.165, 1.54) is 11.8 Å². The van der Waals surface area contributed by atoms with Crippen molar-refractivity contribution in [3.8, 4) is 0 Å². The molecule has 23 heavy (non-hydrogen) atoms. The lowest BCUT2D eigenvalue weighted by atomic mass is 10.2. The van der Waals surface area contributed by atoms with E-state index in [4.69, 9.17) is 17.3 Å². The number of carbonyl (C=O) groups is 1. The van der Waals surface area contributed by atoms with Crippen LogP contribution in [-0.2, 0) is 11.3 Å². The molecule has 2 N–H and O–H groups in total. The van der Waals surface area contributed by atoms with Gasteiger partial charge in [0.15, 0.2) is 5.16 Å². The maximum Gasteiger partial charge on any atom is 0.262 e. The number of thioether (sulfide) groups is 1. The summed E-state index contributed by atoms with van der Waals surface area (Å²) in [5.41, 5.74) is 5.76. The predicted molar refractivity (Wildman–Crippen MR) is 95.1 cm³/mol. The minimum atomic E-state index is -0.462. The SMILES string of the molecule is CCCCCn1c(S[C@H](C)C(N)=O)nc2cc(Cl)ccc2c1=O. The Morgan fingerprint density at radius 1 is 1.43 bits per heavy atom. The van der Waals surface area contributed by atoms with Crippen LogP contribution in [0.25, 0.3) is 10.9 Å². The molecule has 124 valence electrons. The van der Waals surface area contributed by atoms with Crippen LogP contribution >= 0.6 is 23.4 Å². The molecule has 1 atom stereocenters. The lowest BCUT2D eigenvalue weighted by Gasteiger charge is -2.15. The molecule has 0 fully saturated rings. The van der Waals surface area contributed by atoms with Crippen molar-refractivity contribution in [2.45, 2.75) is 50.1 Å². The standard InChI is InChI=1S/C16H20ClN3O2S/c1-3-4-5-8-20-15(22)12-7-6-11(17)9-13(12)19-16(20)23-10(2)14(18)21/h6-7,9-10H,3-5,8H2,1-2H3,(H2,18,21)/t10-/m1/s1. The molecule has 0 saturated carbocycles.